The summed E-state index contributed by atoms with van der Waals surface area (Å²) in [5.74, 6) is 0.318. The molecule has 0 saturated carbocycles. The minimum atomic E-state index is -0.439. The van der Waals surface area contributed by atoms with E-state index in [4.69, 9.17) is 4.74 Å². The molecule has 6 heteroatoms. The molecule has 2 aromatic carbocycles. The molecule has 0 fully saturated rings. The Bertz CT molecular complexity index is 990. The number of benzene rings is 2. The molecule has 0 saturated heterocycles. The molecule has 0 radical (unpaired) electrons. The van der Waals surface area contributed by atoms with Gasteiger partial charge in [0, 0.05) is 12.0 Å². The van der Waals surface area contributed by atoms with Crippen molar-refractivity contribution < 1.29 is 14.3 Å². The summed E-state index contributed by atoms with van der Waals surface area (Å²) in [5.41, 5.74) is 0.918. The standard InChI is InChI=1S/C19H16N2O4/c1-12(22)13-6-8-14(9-7-13)25-18(23)11-10-17-20-16-5-3-2-4-15(16)19(24)21-17/h2-9H,10-11H2,1H3,(H,20,21,24). The van der Waals surface area contributed by atoms with Crippen LogP contribution in [0.15, 0.2) is 53.3 Å². The van der Waals surface area contributed by atoms with Crippen LogP contribution in [0.5, 0.6) is 5.75 Å². The summed E-state index contributed by atoms with van der Waals surface area (Å²) < 4.78 is 5.22. The highest BCUT2D eigenvalue weighted by molar-refractivity contribution is 5.94. The molecule has 3 rings (SSSR count). The molecule has 6 nitrogen and oxygen atoms in total. The van der Waals surface area contributed by atoms with Crippen molar-refractivity contribution in [2.45, 2.75) is 19.8 Å². The number of nitrogens with zero attached hydrogens (tertiary/aromatic N) is 1. The lowest BCUT2D eigenvalue weighted by molar-refractivity contribution is -0.134. The molecule has 0 bridgehead atoms. The number of ketones is 1. The van der Waals surface area contributed by atoms with Gasteiger partial charge in [0.25, 0.3) is 5.56 Å². The summed E-state index contributed by atoms with van der Waals surface area (Å²) in [6, 6.07) is 13.4. The number of hydrogen-bond acceptors (Lipinski definition) is 5. The number of aromatic amines is 1. The van der Waals surface area contributed by atoms with E-state index in [0.717, 1.165) is 0 Å². The summed E-state index contributed by atoms with van der Waals surface area (Å²) in [7, 11) is 0. The average molecular weight is 336 g/mol. The third-order valence-corrected chi connectivity index (χ3v) is 3.72. The normalized spacial score (nSPS) is 10.6. The zero-order valence-electron chi connectivity index (χ0n) is 13.6. The fourth-order valence-corrected chi connectivity index (χ4v) is 2.41. The number of ether oxygens (including phenoxy) is 1. The number of rotatable bonds is 5. The summed E-state index contributed by atoms with van der Waals surface area (Å²) in [5, 5.41) is 0.513. The predicted octanol–water partition coefficient (Wildman–Crippen LogP) is 2.66. The molecule has 0 amide bonds. The number of esters is 1. The molecule has 0 aliphatic carbocycles. The van der Waals surface area contributed by atoms with Crippen molar-refractivity contribution in [2.24, 2.45) is 0 Å². The lowest BCUT2D eigenvalue weighted by Gasteiger charge is -2.05. The number of aromatic nitrogens is 2. The average Bonchev–Trinajstić information content (AvgIpc) is 2.60. The van der Waals surface area contributed by atoms with Crippen LogP contribution in [-0.4, -0.2) is 21.7 Å². The quantitative estimate of drug-likeness (QED) is 0.439. The Morgan fingerprint density at radius 1 is 1.08 bits per heavy atom. The van der Waals surface area contributed by atoms with Crippen molar-refractivity contribution in [3.8, 4) is 5.75 Å². The molecule has 1 heterocycles. The van der Waals surface area contributed by atoms with Gasteiger partial charge in [-0.25, -0.2) is 4.98 Å². The van der Waals surface area contributed by atoms with Crippen LogP contribution in [0.2, 0.25) is 0 Å². The second-order valence-corrected chi connectivity index (χ2v) is 5.58. The number of nitrogens with one attached hydrogen (secondary N) is 1. The van der Waals surface area contributed by atoms with Gasteiger partial charge in [0.05, 0.1) is 17.3 Å². The minimum absolute atomic E-state index is 0.0517. The van der Waals surface area contributed by atoms with Gasteiger partial charge < -0.3 is 9.72 Å². The second-order valence-electron chi connectivity index (χ2n) is 5.58. The number of para-hydroxylation sites is 1. The summed E-state index contributed by atoms with van der Waals surface area (Å²) in [4.78, 5) is 42.2. The van der Waals surface area contributed by atoms with E-state index in [1.807, 2.05) is 0 Å². The number of carbonyl (C=O) groups is 2. The second kappa shape index (κ2) is 7.09. The number of carbonyl (C=O) groups excluding carboxylic acids is 2. The van der Waals surface area contributed by atoms with Crippen molar-refractivity contribution in [2.75, 3.05) is 0 Å². The van der Waals surface area contributed by atoms with Crippen molar-refractivity contribution in [1.29, 1.82) is 0 Å². The number of Topliss-reactive ketones (excluding diaryl/α,β-unsaturated/α-hetero) is 1. The highest BCUT2D eigenvalue weighted by Gasteiger charge is 2.09. The molecule has 3 aromatic rings. The summed E-state index contributed by atoms with van der Waals surface area (Å²) in [6.45, 7) is 1.47. The predicted molar refractivity (Wildman–Crippen MR) is 92.8 cm³/mol. The van der Waals surface area contributed by atoms with Crippen LogP contribution in [0.3, 0.4) is 0 Å². The van der Waals surface area contributed by atoms with Crippen LogP contribution in [0, 0.1) is 0 Å². The van der Waals surface area contributed by atoms with E-state index in [9.17, 15) is 14.4 Å². The molecule has 25 heavy (non-hydrogen) atoms. The highest BCUT2D eigenvalue weighted by atomic mass is 16.5. The maximum absolute atomic E-state index is 12.0. The van der Waals surface area contributed by atoms with Crippen molar-refractivity contribution in [3.05, 3.63) is 70.3 Å². The fraction of sp³-hybridized carbons (Fsp3) is 0.158. The Morgan fingerprint density at radius 2 is 1.80 bits per heavy atom. The first-order valence-electron chi connectivity index (χ1n) is 7.82. The van der Waals surface area contributed by atoms with Gasteiger partial charge in [0.15, 0.2) is 5.78 Å². The molecular formula is C19H16N2O4. The SMILES string of the molecule is CC(=O)c1ccc(OC(=O)CCc2nc3ccccc3c(=O)[nH]2)cc1. The van der Waals surface area contributed by atoms with E-state index in [2.05, 4.69) is 9.97 Å². The minimum Gasteiger partial charge on any atom is -0.427 e. The molecule has 0 unspecified atom stereocenters. The van der Waals surface area contributed by atoms with Crippen LogP contribution in [0.25, 0.3) is 10.9 Å². The van der Waals surface area contributed by atoms with Crippen molar-refractivity contribution in [1.82, 2.24) is 9.97 Å². The largest absolute Gasteiger partial charge is 0.427 e. The Morgan fingerprint density at radius 3 is 2.52 bits per heavy atom. The third kappa shape index (κ3) is 3.98. The molecule has 0 spiro atoms. The van der Waals surface area contributed by atoms with Crippen LogP contribution in [0.4, 0.5) is 0 Å². The molecule has 1 aromatic heterocycles. The zero-order valence-corrected chi connectivity index (χ0v) is 13.6. The first-order chi connectivity index (χ1) is 12.0. The maximum atomic E-state index is 12.0. The molecule has 0 aliphatic rings. The van der Waals surface area contributed by atoms with E-state index < -0.39 is 5.97 Å². The van der Waals surface area contributed by atoms with E-state index >= 15 is 0 Å². The Kier molecular flexibility index (Phi) is 4.70. The zero-order chi connectivity index (χ0) is 17.8. The van der Waals surface area contributed by atoms with Gasteiger partial charge in [-0.2, -0.15) is 0 Å². The van der Waals surface area contributed by atoms with Crippen LogP contribution in [0.1, 0.15) is 29.5 Å². The van der Waals surface area contributed by atoms with Gasteiger partial charge in [0.1, 0.15) is 11.6 Å². The molecule has 0 atom stereocenters. The van der Waals surface area contributed by atoms with E-state index in [-0.39, 0.29) is 24.2 Å². The lowest BCUT2D eigenvalue weighted by Crippen LogP contribution is -2.15. The number of fused-ring (bicyclic) bond motifs is 1. The molecule has 0 aliphatic heterocycles. The van der Waals surface area contributed by atoms with E-state index in [1.165, 1.54) is 6.92 Å². The van der Waals surface area contributed by atoms with Crippen LogP contribution >= 0.6 is 0 Å². The van der Waals surface area contributed by atoms with Crippen molar-refractivity contribution >= 4 is 22.7 Å². The van der Waals surface area contributed by atoms with Crippen LogP contribution in [-0.2, 0) is 11.2 Å². The van der Waals surface area contributed by atoms with Gasteiger partial charge in [-0.1, -0.05) is 12.1 Å². The smallest absolute Gasteiger partial charge is 0.311 e. The first kappa shape index (κ1) is 16.6. The third-order valence-electron chi connectivity index (χ3n) is 3.72. The maximum Gasteiger partial charge on any atom is 0.311 e. The first-order valence-corrected chi connectivity index (χ1v) is 7.82. The van der Waals surface area contributed by atoms with Crippen LogP contribution < -0.4 is 10.3 Å². The molecular weight excluding hydrogens is 320 g/mol. The fourth-order valence-electron chi connectivity index (χ4n) is 2.41. The Labute approximate surface area is 143 Å². The van der Waals surface area contributed by atoms with E-state index in [1.54, 1.807) is 48.5 Å². The molecule has 1 N–H and O–H groups in total. The summed E-state index contributed by atoms with van der Waals surface area (Å²) >= 11 is 0. The number of H-pyrrole nitrogens is 1. The van der Waals surface area contributed by atoms with Gasteiger partial charge in [0.2, 0.25) is 0 Å². The van der Waals surface area contributed by atoms with E-state index in [0.29, 0.717) is 28.0 Å². The lowest BCUT2D eigenvalue weighted by atomic mass is 10.1. The summed E-state index contributed by atoms with van der Waals surface area (Å²) in [6.07, 6.45) is 0.347. The number of aryl methyl sites for hydroxylation is 1. The molecule has 126 valence electrons. The van der Waals surface area contributed by atoms with Gasteiger partial charge in [-0.3, -0.25) is 14.4 Å². The Balaban J connectivity index is 1.64. The number of hydrogen-bond donors (Lipinski definition) is 1. The van der Waals surface area contributed by atoms with Gasteiger partial charge >= 0.3 is 5.97 Å². The van der Waals surface area contributed by atoms with Crippen molar-refractivity contribution in [3.63, 3.8) is 0 Å². The van der Waals surface area contributed by atoms with Gasteiger partial charge in [-0.15, -0.1) is 0 Å². The topological polar surface area (TPSA) is 89.1 Å². The van der Waals surface area contributed by atoms with Gasteiger partial charge in [-0.05, 0) is 43.3 Å². The monoisotopic (exact) mass is 336 g/mol. The highest BCUT2D eigenvalue weighted by Crippen LogP contribution is 2.14. The Hall–Kier alpha value is -3.28.